The summed E-state index contributed by atoms with van der Waals surface area (Å²) in [6.07, 6.45) is 0.0542. The Kier molecular flexibility index (Phi) is 5.33. The van der Waals surface area contributed by atoms with Crippen molar-refractivity contribution in [1.29, 1.82) is 0 Å². The Hall–Kier alpha value is -1.82. The maximum Gasteiger partial charge on any atom is 0.411 e. The van der Waals surface area contributed by atoms with Gasteiger partial charge in [-0.05, 0) is 32.9 Å². The summed E-state index contributed by atoms with van der Waals surface area (Å²) < 4.78 is 15.6. The minimum absolute atomic E-state index is 0.307. The van der Waals surface area contributed by atoms with Gasteiger partial charge in [-0.3, -0.25) is 4.90 Å². The van der Waals surface area contributed by atoms with Gasteiger partial charge in [0, 0.05) is 14.2 Å². The molecule has 1 aromatic heterocycles. The van der Waals surface area contributed by atoms with Gasteiger partial charge in [-0.1, -0.05) is 0 Å². The number of carbonyl (C=O) groups is 2. The van der Waals surface area contributed by atoms with E-state index in [1.54, 1.807) is 40.0 Å². The number of amides is 1. The molecule has 0 fully saturated rings. The fraction of sp³-hybridized carbons (Fsp3) is 0.571. The van der Waals surface area contributed by atoms with Gasteiger partial charge in [0.1, 0.15) is 36.1 Å². The second kappa shape index (κ2) is 6.56. The van der Waals surface area contributed by atoms with Crippen molar-refractivity contribution in [3.8, 4) is 0 Å². The zero-order chi connectivity index (χ0) is 15.3. The van der Waals surface area contributed by atoms with Crippen LogP contribution in [0.3, 0.4) is 0 Å². The Morgan fingerprint density at radius 2 is 2.10 bits per heavy atom. The number of hydrogen-bond acceptors (Lipinski definition) is 5. The lowest BCUT2D eigenvalue weighted by Gasteiger charge is -2.27. The van der Waals surface area contributed by atoms with Gasteiger partial charge in [0.25, 0.3) is 0 Å². The lowest BCUT2D eigenvalue weighted by Crippen LogP contribution is -2.37. The Morgan fingerprint density at radius 3 is 2.60 bits per heavy atom. The average molecular weight is 283 g/mol. The Labute approximate surface area is 118 Å². The summed E-state index contributed by atoms with van der Waals surface area (Å²) in [7, 11) is 3.04. The highest BCUT2D eigenvalue weighted by Gasteiger charge is 2.28. The highest BCUT2D eigenvalue weighted by atomic mass is 16.6. The molecule has 1 unspecified atom stereocenters. The molecule has 1 amide bonds. The first-order chi connectivity index (χ1) is 9.28. The molecule has 6 heteroatoms. The van der Waals surface area contributed by atoms with E-state index in [1.165, 1.54) is 11.9 Å². The smallest absolute Gasteiger partial charge is 0.411 e. The van der Waals surface area contributed by atoms with Crippen LogP contribution in [0.25, 0.3) is 0 Å². The van der Waals surface area contributed by atoms with Gasteiger partial charge < -0.3 is 18.7 Å². The van der Waals surface area contributed by atoms with E-state index >= 15 is 0 Å². The molecule has 0 spiro atoms. The van der Waals surface area contributed by atoms with Crippen LogP contribution in [-0.2, 0) is 20.9 Å². The van der Waals surface area contributed by atoms with Crippen LogP contribution in [0.1, 0.15) is 38.3 Å². The van der Waals surface area contributed by atoms with Crippen LogP contribution in [0.2, 0.25) is 0 Å². The maximum atomic E-state index is 11.9. The predicted molar refractivity (Wildman–Crippen MR) is 72.2 cm³/mol. The Balaban J connectivity index is 2.83. The number of rotatable bonds is 5. The van der Waals surface area contributed by atoms with Crippen LogP contribution < -0.4 is 0 Å². The fourth-order valence-corrected chi connectivity index (χ4v) is 1.57. The van der Waals surface area contributed by atoms with Gasteiger partial charge in [-0.15, -0.1) is 0 Å². The van der Waals surface area contributed by atoms with E-state index < -0.39 is 17.7 Å². The number of methoxy groups -OCH3 is 1. The highest BCUT2D eigenvalue weighted by molar-refractivity contribution is 5.74. The van der Waals surface area contributed by atoms with E-state index in [9.17, 15) is 9.59 Å². The summed E-state index contributed by atoms with van der Waals surface area (Å²) >= 11 is 0. The third-order valence-corrected chi connectivity index (χ3v) is 2.49. The summed E-state index contributed by atoms with van der Waals surface area (Å²) in [6, 6.07) is 2.53. The van der Waals surface area contributed by atoms with E-state index in [0.717, 1.165) is 0 Å². The van der Waals surface area contributed by atoms with Gasteiger partial charge in [0.05, 0.1) is 0 Å². The minimum Gasteiger partial charge on any atom is -0.461 e. The van der Waals surface area contributed by atoms with Crippen molar-refractivity contribution in [1.82, 2.24) is 4.90 Å². The van der Waals surface area contributed by atoms with Gasteiger partial charge in [0.2, 0.25) is 0 Å². The molecule has 1 rings (SSSR count). The molecule has 0 aromatic carbocycles. The summed E-state index contributed by atoms with van der Waals surface area (Å²) in [5.41, 5.74) is -0.622. The minimum atomic E-state index is -0.824. The van der Waals surface area contributed by atoms with Crippen molar-refractivity contribution in [3.63, 3.8) is 0 Å². The molecule has 0 aliphatic heterocycles. The molecule has 0 aliphatic carbocycles. The zero-order valence-corrected chi connectivity index (χ0v) is 12.5. The first-order valence-electron chi connectivity index (χ1n) is 6.27. The molecular formula is C14H21NO5. The molecule has 0 saturated heterocycles. The zero-order valence-electron chi connectivity index (χ0n) is 12.5. The number of aldehydes is 1. The first-order valence-corrected chi connectivity index (χ1v) is 6.27. The lowest BCUT2D eigenvalue weighted by atomic mass is 10.2. The number of nitrogens with zero attached hydrogens (tertiary/aromatic N) is 1. The topological polar surface area (TPSA) is 69.0 Å². The first kappa shape index (κ1) is 16.2. The van der Waals surface area contributed by atoms with Gasteiger partial charge in [-0.2, -0.15) is 0 Å². The molecular weight excluding hydrogens is 262 g/mol. The number of hydrogen-bond donors (Lipinski definition) is 0. The van der Waals surface area contributed by atoms with Crippen LogP contribution in [0.5, 0.6) is 0 Å². The third-order valence-electron chi connectivity index (χ3n) is 2.49. The third kappa shape index (κ3) is 4.38. The molecule has 0 N–H and O–H groups in total. The van der Waals surface area contributed by atoms with Crippen molar-refractivity contribution >= 4 is 12.4 Å². The molecule has 20 heavy (non-hydrogen) atoms. The molecule has 1 atom stereocenters. The van der Waals surface area contributed by atoms with Crippen LogP contribution >= 0.6 is 0 Å². The van der Waals surface area contributed by atoms with Crippen molar-refractivity contribution < 1.29 is 23.5 Å². The Bertz CT molecular complexity index is 460. The van der Waals surface area contributed by atoms with Crippen molar-refractivity contribution in [2.45, 2.75) is 39.0 Å². The molecule has 0 radical (unpaired) electrons. The molecule has 6 nitrogen and oxygen atoms in total. The fourth-order valence-electron chi connectivity index (χ4n) is 1.57. The predicted octanol–water partition coefficient (Wildman–Crippen LogP) is 2.53. The van der Waals surface area contributed by atoms with Gasteiger partial charge >= 0.3 is 6.09 Å². The van der Waals surface area contributed by atoms with Crippen LogP contribution in [0.15, 0.2) is 16.5 Å². The van der Waals surface area contributed by atoms with E-state index in [0.29, 0.717) is 24.4 Å². The van der Waals surface area contributed by atoms with Crippen molar-refractivity contribution in [2.24, 2.45) is 0 Å². The number of carbonyl (C=O) groups excluding carboxylic acids is 2. The molecule has 0 bridgehead atoms. The summed E-state index contributed by atoms with van der Waals surface area (Å²) in [5.74, 6) is 0.965. The monoisotopic (exact) mass is 283 g/mol. The number of furan rings is 1. The summed E-state index contributed by atoms with van der Waals surface area (Å²) in [4.78, 5) is 24.4. The van der Waals surface area contributed by atoms with Crippen LogP contribution in [-0.4, -0.2) is 37.0 Å². The van der Waals surface area contributed by atoms with E-state index in [-0.39, 0.29) is 0 Å². The van der Waals surface area contributed by atoms with Crippen molar-refractivity contribution in [2.75, 3.05) is 14.2 Å². The second-order valence-corrected chi connectivity index (χ2v) is 5.41. The average Bonchev–Trinajstić information content (AvgIpc) is 2.76. The highest BCUT2D eigenvalue weighted by Crippen LogP contribution is 2.22. The van der Waals surface area contributed by atoms with Crippen LogP contribution in [0.4, 0.5) is 4.79 Å². The normalized spacial score (nSPS) is 12.8. The lowest BCUT2D eigenvalue weighted by molar-refractivity contribution is -0.112. The maximum absolute atomic E-state index is 11.9. The Morgan fingerprint density at radius 1 is 1.45 bits per heavy atom. The molecule has 0 saturated carbocycles. The van der Waals surface area contributed by atoms with Gasteiger partial charge in [0.15, 0.2) is 0 Å². The molecule has 0 aliphatic rings. The molecule has 112 valence electrons. The van der Waals surface area contributed by atoms with E-state index in [1.807, 2.05) is 0 Å². The van der Waals surface area contributed by atoms with Gasteiger partial charge in [-0.25, -0.2) is 4.79 Å². The number of likely N-dealkylation sites (N-methyl/N-ethyl adjacent to an activating group) is 1. The summed E-state index contributed by atoms with van der Waals surface area (Å²) in [6.45, 7) is 5.59. The number of ether oxygens (including phenoxy) is 2. The largest absolute Gasteiger partial charge is 0.461 e. The SMILES string of the molecule is COCc1ccc(C(C=O)N(C)C(=O)OC(C)(C)C)o1. The molecule has 1 aromatic rings. The molecule has 1 heterocycles. The standard InChI is InChI=1S/C14H21NO5/c1-14(2,3)20-13(17)15(4)11(8-16)12-7-6-10(19-12)9-18-5/h6-8,11H,9H2,1-5H3. The van der Waals surface area contributed by atoms with E-state index in [2.05, 4.69) is 0 Å². The van der Waals surface area contributed by atoms with E-state index in [4.69, 9.17) is 13.9 Å². The second-order valence-electron chi connectivity index (χ2n) is 5.41. The van der Waals surface area contributed by atoms with Crippen molar-refractivity contribution in [3.05, 3.63) is 23.7 Å². The quantitative estimate of drug-likeness (QED) is 0.777. The summed E-state index contributed by atoms with van der Waals surface area (Å²) in [5, 5.41) is 0. The van der Waals surface area contributed by atoms with Crippen LogP contribution in [0, 0.1) is 0 Å².